The average molecular weight is 276 g/mol. The van der Waals surface area contributed by atoms with Gasteiger partial charge >= 0.3 is 0 Å². The van der Waals surface area contributed by atoms with E-state index in [4.69, 9.17) is 4.74 Å². The molecule has 2 rings (SSSR count). The van der Waals surface area contributed by atoms with Crippen LogP contribution in [0.1, 0.15) is 38.2 Å². The van der Waals surface area contributed by atoms with Gasteiger partial charge < -0.3 is 15.4 Å². The van der Waals surface area contributed by atoms with E-state index in [1.165, 1.54) is 5.56 Å². The Morgan fingerprint density at radius 2 is 2.25 bits per heavy atom. The summed E-state index contributed by atoms with van der Waals surface area (Å²) in [6.45, 7) is 6.27. The van der Waals surface area contributed by atoms with Crippen molar-refractivity contribution in [2.24, 2.45) is 0 Å². The Balaban J connectivity index is 1.68. The summed E-state index contributed by atoms with van der Waals surface area (Å²) < 4.78 is 5.44. The first kappa shape index (κ1) is 14.9. The van der Waals surface area contributed by atoms with Crippen LogP contribution in [0.4, 0.5) is 5.69 Å². The van der Waals surface area contributed by atoms with Gasteiger partial charge in [0, 0.05) is 37.7 Å². The summed E-state index contributed by atoms with van der Waals surface area (Å²) in [5.74, 6) is 0.413. The van der Waals surface area contributed by atoms with Gasteiger partial charge in [-0.15, -0.1) is 0 Å². The van der Waals surface area contributed by atoms with Crippen LogP contribution in [0, 0.1) is 0 Å². The predicted molar refractivity (Wildman–Crippen MR) is 81.0 cm³/mol. The highest BCUT2D eigenvalue weighted by Crippen LogP contribution is 2.32. The third-order valence-electron chi connectivity index (χ3n) is 3.47. The molecule has 0 bridgehead atoms. The van der Waals surface area contributed by atoms with Crippen molar-refractivity contribution in [3.05, 3.63) is 29.8 Å². The zero-order valence-corrected chi connectivity index (χ0v) is 12.3. The summed E-state index contributed by atoms with van der Waals surface area (Å²) in [6.07, 6.45) is 1.67. The highest BCUT2D eigenvalue weighted by atomic mass is 16.5. The van der Waals surface area contributed by atoms with Crippen LogP contribution in [0.15, 0.2) is 24.3 Å². The van der Waals surface area contributed by atoms with Gasteiger partial charge in [-0.2, -0.15) is 0 Å². The summed E-state index contributed by atoms with van der Waals surface area (Å²) in [7, 11) is 0. The minimum Gasteiger partial charge on any atom is -0.384 e. The highest BCUT2D eigenvalue weighted by molar-refractivity contribution is 5.78. The van der Waals surface area contributed by atoms with Crippen molar-refractivity contribution in [2.75, 3.05) is 25.0 Å². The summed E-state index contributed by atoms with van der Waals surface area (Å²) >= 11 is 0. The van der Waals surface area contributed by atoms with Crippen molar-refractivity contribution in [3.63, 3.8) is 0 Å². The van der Waals surface area contributed by atoms with Crippen LogP contribution < -0.4 is 10.6 Å². The number of nitrogens with one attached hydrogen (secondary N) is 2. The lowest BCUT2D eigenvalue weighted by Gasteiger charge is -2.11. The maximum Gasteiger partial charge on any atom is 0.220 e. The second-order valence-corrected chi connectivity index (χ2v) is 5.49. The Hall–Kier alpha value is -1.55. The van der Waals surface area contributed by atoms with Gasteiger partial charge in [-0.3, -0.25) is 4.79 Å². The number of amides is 1. The molecule has 0 aromatic heterocycles. The number of fused-ring (bicyclic) bond motifs is 1. The number of para-hydroxylation sites is 1. The Kier molecular flexibility index (Phi) is 5.41. The number of ether oxygens (including phenoxy) is 1. The number of rotatable bonds is 7. The quantitative estimate of drug-likeness (QED) is 0.752. The standard InChI is InChI=1S/C16H24N2O2/c1-12(2)20-9-5-8-17-16(19)10-13-11-18-15-7-4-3-6-14(13)15/h3-4,6-7,12-13,18H,5,8-11H2,1-2H3,(H,17,19). The maximum absolute atomic E-state index is 11.9. The van der Waals surface area contributed by atoms with Crippen molar-refractivity contribution in [1.29, 1.82) is 0 Å². The molecule has 110 valence electrons. The number of carbonyl (C=O) groups excluding carboxylic acids is 1. The lowest BCUT2D eigenvalue weighted by molar-refractivity contribution is -0.121. The number of carbonyl (C=O) groups is 1. The van der Waals surface area contributed by atoms with E-state index in [9.17, 15) is 4.79 Å². The third kappa shape index (κ3) is 4.23. The Morgan fingerprint density at radius 1 is 1.45 bits per heavy atom. The molecular weight excluding hydrogens is 252 g/mol. The first-order chi connectivity index (χ1) is 9.66. The molecule has 4 heteroatoms. The largest absolute Gasteiger partial charge is 0.384 e. The fourth-order valence-corrected chi connectivity index (χ4v) is 2.45. The lowest BCUT2D eigenvalue weighted by atomic mass is 9.97. The van der Waals surface area contributed by atoms with Crippen LogP contribution in [0.3, 0.4) is 0 Å². The number of benzene rings is 1. The van der Waals surface area contributed by atoms with E-state index in [0.717, 1.165) is 18.7 Å². The van der Waals surface area contributed by atoms with E-state index < -0.39 is 0 Å². The zero-order chi connectivity index (χ0) is 14.4. The van der Waals surface area contributed by atoms with Gasteiger partial charge in [-0.25, -0.2) is 0 Å². The second kappa shape index (κ2) is 7.29. The van der Waals surface area contributed by atoms with Crippen LogP contribution in [0.5, 0.6) is 0 Å². The van der Waals surface area contributed by atoms with E-state index in [1.54, 1.807) is 0 Å². The molecule has 1 aliphatic heterocycles. The zero-order valence-electron chi connectivity index (χ0n) is 12.3. The fraction of sp³-hybridized carbons (Fsp3) is 0.562. The molecule has 1 aromatic carbocycles. The lowest BCUT2D eigenvalue weighted by Crippen LogP contribution is -2.27. The molecule has 1 heterocycles. The van der Waals surface area contributed by atoms with Crippen LogP contribution in [-0.2, 0) is 9.53 Å². The topological polar surface area (TPSA) is 50.4 Å². The molecule has 4 nitrogen and oxygen atoms in total. The molecule has 1 amide bonds. The Bertz CT molecular complexity index is 446. The molecule has 1 unspecified atom stereocenters. The average Bonchev–Trinajstić information content (AvgIpc) is 2.81. The van der Waals surface area contributed by atoms with Crippen molar-refractivity contribution in [3.8, 4) is 0 Å². The van der Waals surface area contributed by atoms with Crippen LogP contribution in [-0.4, -0.2) is 31.7 Å². The molecule has 1 atom stereocenters. The molecule has 1 aliphatic rings. The molecule has 1 aromatic rings. The fourth-order valence-electron chi connectivity index (χ4n) is 2.45. The number of hydrogen-bond donors (Lipinski definition) is 2. The molecule has 0 saturated carbocycles. The Labute approximate surface area is 120 Å². The highest BCUT2D eigenvalue weighted by Gasteiger charge is 2.23. The van der Waals surface area contributed by atoms with Crippen LogP contribution >= 0.6 is 0 Å². The van der Waals surface area contributed by atoms with Gasteiger partial charge in [-0.1, -0.05) is 18.2 Å². The minimum absolute atomic E-state index is 0.123. The van der Waals surface area contributed by atoms with Crippen molar-refractivity contribution >= 4 is 11.6 Å². The summed E-state index contributed by atoms with van der Waals surface area (Å²) in [4.78, 5) is 11.9. The van der Waals surface area contributed by atoms with Gasteiger partial charge in [0.05, 0.1) is 6.10 Å². The minimum atomic E-state index is 0.123. The van der Waals surface area contributed by atoms with E-state index in [0.29, 0.717) is 19.6 Å². The molecule has 0 aliphatic carbocycles. The van der Waals surface area contributed by atoms with Gasteiger partial charge in [0.1, 0.15) is 0 Å². The van der Waals surface area contributed by atoms with Crippen LogP contribution in [0.25, 0.3) is 0 Å². The second-order valence-electron chi connectivity index (χ2n) is 5.49. The smallest absolute Gasteiger partial charge is 0.220 e. The first-order valence-electron chi connectivity index (χ1n) is 7.38. The maximum atomic E-state index is 11.9. The molecule has 2 N–H and O–H groups in total. The summed E-state index contributed by atoms with van der Waals surface area (Å²) in [6, 6.07) is 8.21. The molecular formula is C16H24N2O2. The van der Waals surface area contributed by atoms with E-state index in [-0.39, 0.29) is 17.9 Å². The van der Waals surface area contributed by atoms with Gasteiger partial charge in [0.15, 0.2) is 0 Å². The van der Waals surface area contributed by atoms with Crippen molar-refractivity contribution < 1.29 is 9.53 Å². The van der Waals surface area contributed by atoms with E-state index in [1.807, 2.05) is 26.0 Å². The Morgan fingerprint density at radius 3 is 3.05 bits per heavy atom. The molecule has 0 spiro atoms. The predicted octanol–water partition coefficient (Wildman–Crippen LogP) is 2.52. The molecule has 20 heavy (non-hydrogen) atoms. The number of hydrogen-bond acceptors (Lipinski definition) is 3. The molecule has 0 saturated heterocycles. The normalized spacial score (nSPS) is 16.9. The third-order valence-corrected chi connectivity index (χ3v) is 3.47. The van der Waals surface area contributed by atoms with Crippen LogP contribution in [0.2, 0.25) is 0 Å². The number of anilines is 1. The summed E-state index contributed by atoms with van der Waals surface area (Å²) in [5.41, 5.74) is 2.42. The first-order valence-corrected chi connectivity index (χ1v) is 7.38. The van der Waals surface area contributed by atoms with E-state index in [2.05, 4.69) is 22.8 Å². The van der Waals surface area contributed by atoms with Gasteiger partial charge in [-0.05, 0) is 31.9 Å². The molecule has 0 radical (unpaired) electrons. The van der Waals surface area contributed by atoms with E-state index >= 15 is 0 Å². The van der Waals surface area contributed by atoms with Crippen molar-refractivity contribution in [2.45, 2.75) is 38.7 Å². The SMILES string of the molecule is CC(C)OCCCNC(=O)CC1CNc2ccccc21. The van der Waals surface area contributed by atoms with Crippen molar-refractivity contribution in [1.82, 2.24) is 5.32 Å². The monoisotopic (exact) mass is 276 g/mol. The van der Waals surface area contributed by atoms with Gasteiger partial charge in [0.2, 0.25) is 5.91 Å². The summed E-state index contributed by atoms with van der Waals surface area (Å²) in [5, 5.41) is 6.31. The van der Waals surface area contributed by atoms with Gasteiger partial charge in [0.25, 0.3) is 0 Å². The molecule has 0 fully saturated rings.